The van der Waals surface area contributed by atoms with Crippen LogP contribution in [0.4, 0.5) is 11.4 Å². The van der Waals surface area contributed by atoms with Gasteiger partial charge in [0.1, 0.15) is 0 Å². The molecule has 206 valence electrons. The van der Waals surface area contributed by atoms with E-state index in [-0.39, 0.29) is 14.5 Å². The summed E-state index contributed by atoms with van der Waals surface area (Å²) in [5.74, 6) is 0. The monoisotopic (exact) mass is 634 g/mol. The molecule has 0 aliphatic rings. The Labute approximate surface area is 265 Å². The Morgan fingerprint density at radius 3 is 1.36 bits per heavy atom. The molecule has 8 aromatic carbocycles. The van der Waals surface area contributed by atoms with E-state index in [0.29, 0.717) is 11.4 Å². The fourth-order valence-corrected chi connectivity index (χ4v) is 9.58. The molecule has 2 nitrogen and oxygen atoms in total. The molecule has 9 aromatic rings. The summed E-state index contributed by atoms with van der Waals surface area (Å²) in [5.41, 5.74) is 6.17. The zero-order valence-electron chi connectivity index (χ0n) is 24.0. The van der Waals surface area contributed by atoms with Crippen LogP contribution in [0.2, 0.25) is 0 Å². The van der Waals surface area contributed by atoms with Gasteiger partial charge in [-0.1, -0.05) is 0 Å². The molecule has 0 aliphatic heterocycles. The second-order valence-electron chi connectivity index (χ2n) is 11.3. The van der Waals surface area contributed by atoms with Gasteiger partial charge in [0.25, 0.3) is 0 Å². The summed E-state index contributed by atoms with van der Waals surface area (Å²) in [6.45, 7) is 16.1. The van der Waals surface area contributed by atoms with Gasteiger partial charge in [-0.3, -0.25) is 0 Å². The maximum absolute atomic E-state index is 8.06. The average Bonchev–Trinajstić information content (AvgIpc) is 3.48. The van der Waals surface area contributed by atoms with Crippen LogP contribution in [0, 0.1) is 13.1 Å². The van der Waals surface area contributed by atoms with Crippen LogP contribution in [0.3, 0.4) is 0 Å². The van der Waals surface area contributed by atoms with E-state index in [1.165, 1.54) is 36.0 Å². The first-order valence-corrected chi connectivity index (χ1v) is 16.6. The van der Waals surface area contributed by atoms with E-state index in [1.54, 1.807) is 0 Å². The molecule has 0 radical (unpaired) electrons. The maximum atomic E-state index is 8.06. The first kappa shape index (κ1) is 25.8. The molecule has 1 aromatic heterocycles. The van der Waals surface area contributed by atoms with Crippen molar-refractivity contribution in [1.29, 1.82) is 0 Å². The van der Waals surface area contributed by atoms with Crippen LogP contribution in [-0.2, 0) is 0 Å². The summed E-state index contributed by atoms with van der Waals surface area (Å²) in [6, 6.07) is 47.1. The van der Waals surface area contributed by atoms with Crippen molar-refractivity contribution in [3.63, 3.8) is 0 Å². The van der Waals surface area contributed by atoms with E-state index in [9.17, 15) is 0 Å². The van der Waals surface area contributed by atoms with Crippen molar-refractivity contribution in [2.75, 3.05) is 0 Å². The molecule has 0 bridgehead atoms. The van der Waals surface area contributed by atoms with Gasteiger partial charge in [-0.25, -0.2) is 0 Å². The van der Waals surface area contributed by atoms with Crippen LogP contribution in [0.25, 0.3) is 94.3 Å². The number of benzene rings is 8. The van der Waals surface area contributed by atoms with Crippen molar-refractivity contribution < 1.29 is 0 Å². The van der Waals surface area contributed by atoms with Gasteiger partial charge in [0.15, 0.2) is 0 Å². The van der Waals surface area contributed by atoms with Gasteiger partial charge in [0, 0.05) is 0 Å². The Balaban J connectivity index is 1.42. The van der Waals surface area contributed by atoms with Gasteiger partial charge in [-0.05, 0) is 0 Å². The Bertz CT molecular complexity index is 2680. The molecule has 0 fully saturated rings. The zero-order chi connectivity index (χ0) is 30.1. The second kappa shape index (κ2) is 9.92. The van der Waals surface area contributed by atoms with Gasteiger partial charge in [0.05, 0.1) is 0 Å². The topological polar surface area (TPSA) is 8.72 Å². The summed E-state index contributed by atoms with van der Waals surface area (Å²) >= 11 is 0.180. The Morgan fingerprint density at radius 1 is 0.400 bits per heavy atom. The summed E-state index contributed by atoms with van der Waals surface area (Å²) < 4.78 is 2.76. The molecule has 0 atom stereocenters. The normalized spacial score (nSPS) is 11.5. The van der Waals surface area contributed by atoms with Crippen molar-refractivity contribution in [2.45, 2.75) is 0 Å². The molecule has 1 heterocycles. The van der Waals surface area contributed by atoms with Crippen LogP contribution in [0.5, 0.6) is 0 Å². The van der Waals surface area contributed by atoms with Crippen molar-refractivity contribution in [3.8, 4) is 22.3 Å². The molecule has 0 N–H and O–H groups in total. The molecule has 0 spiro atoms. The van der Waals surface area contributed by atoms with Gasteiger partial charge in [0.2, 0.25) is 0 Å². The molecule has 0 amide bonds. The van der Waals surface area contributed by atoms with Crippen LogP contribution in [0.1, 0.15) is 0 Å². The SMILES string of the molecule is [C-]#[N+]c1c2ccccc2c(-c2ccc3[se]c4cccc(-c5c6ccccc6c([N+]#[C-])c6ccccc56)c4c3c2)c2ccccc12. The summed E-state index contributed by atoms with van der Waals surface area (Å²) in [5, 5.41) is 11.0. The van der Waals surface area contributed by atoms with Crippen LogP contribution >= 0.6 is 0 Å². The minimum atomic E-state index is 0.180. The fraction of sp³-hybridized carbons (Fsp3) is 0. The third kappa shape index (κ3) is 3.67. The van der Waals surface area contributed by atoms with Gasteiger partial charge >= 0.3 is 267 Å². The average molecular weight is 634 g/mol. The second-order valence-corrected chi connectivity index (χ2v) is 13.6. The van der Waals surface area contributed by atoms with Crippen molar-refractivity contribution in [2.24, 2.45) is 0 Å². The van der Waals surface area contributed by atoms with E-state index in [0.717, 1.165) is 48.7 Å². The number of rotatable bonds is 2. The molecule has 0 saturated heterocycles. The van der Waals surface area contributed by atoms with E-state index < -0.39 is 0 Å². The van der Waals surface area contributed by atoms with E-state index in [1.807, 2.05) is 24.3 Å². The summed E-state index contributed by atoms with van der Waals surface area (Å²) in [4.78, 5) is 8.00. The summed E-state index contributed by atoms with van der Waals surface area (Å²) in [7, 11) is 0. The Morgan fingerprint density at radius 2 is 0.867 bits per heavy atom. The number of hydrogen-bond donors (Lipinski definition) is 0. The Kier molecular flexibility index (Phi) is 5.68. The van der Waals surface area contributed by atoms with Crippen molar-refractivity contribution >= 4 is 88.3 Å². The minimum absolute atomic E-state index is 0.180. The first-order chi connectivity index (χ1) is 22.3. The van der Waals surface area contributed by atoms with Crippen molar-refractivity contribution in [1.82, 2.24) is 0 Å². The molecular weight excluding hydrogens is 611 g/mol. The van der Waals surface area contributed by atoms with E-state index in [4.69, 9.17) is 13.1 Å². The van der Waals surface area contributed by atoms with Gasteiger partial charge < -0.3 is 0 Å². The molecular formula is C42H22N2Se. The van der Waals surface area contributed by atoms with E-state index in [2.05, 4.69) is 119 Å². The zero-order valence-corrected chi connectivity index (χ0v) is 25.7. The predicted octanol–water partition coefficient (Wildman–Crippen LogP) is 12.1. The Hall–Kier alpha value is -5.70. The van der Waals surface area contributed by atoms with Gasteiger partial charge in [-0.2, -0.15) is 0 Å². The third-order valence-corrected chi connectivity index (χ3v) is 11.5. The number of fused-ring (bicyclic) bond motifs is 7. The standard InChI is InChI=1S/C42H22N2Se/c1-43-41-30-16-7-3-12-26(30)38(27-13-4-8-17-31(27)41)25-22-23-36-35(24-25)40-34(20-11-21-37(40)45-36)39-28-14-5-9-18-32(28)42(44-2)33-19-10-6-15-29(33)39/h3-24H. The van der Waals surface area contributed by atoms with Crippen LogP contribution < -0.4 is 0 Å². The summed E-state index contributed by atoms with van der Waals surface area (Å²) in [6.07, 6.45) is 0. The third-order valence-electron chi connectivity index (χ3n) is 9.08. The quantitative estimate of drug-likeness (QED) is 0.102. The number of nitrogens with zero attached hydrogens (tertiary/aromatic N) is 2. The molecule has 0 saturated carbocycles. The first-order valence-electron chi connectivity index (χ1n) is 14.8. The predicted molar refractivity (Wildman–Crippen MR) is 192 cm³/mol. The molecule has 45 heavy (non-hydrogen) atoms. The molecule has 0 unspecified atom stereocenters. The van der Waals surface area contributed by atoms with Crippen LogP contribution in [-0.4, -0.2) is 14.5 Å². The molecule has 0 aliphatic carbocycles. The van der Waals surface area contributed by atoms with Gasteiger partial charge in [-0.15, -0.1) is 0 Å². The van der Waals surface area contributed by atoms with E-state index >= 15 is 0 Å². The molecule has 3 heteroatoms. The molecule has 9 rings (SSSR count). The fourth-order valence-electron chi connectivity index (χ4n) is 7.24. The number of hydrogen-bond acceptors (Lipinski definition) is 0. The van der Waals surface area contributed by atoms with Crippen LogP contribution in [0.15, 0.2) is 133 Å². The van der Waals surface area contributed by atoms with Crippen molar-refractivity contribution in [3.05, 3.63) is 156 Å².